The monoisotopic (exact) mass is 282 g/mol. The van der Waals surface area contributed by atoms with Gasteiger partial charge in [0.1, 0.15) is 0 Å². The maximum Gasteiger partial charge on any atom is 0.0710 e. The summed E-state index contributed by atoms with van der Waals surface area (Å²) in [5, 5.41) is 3.71. The summed E-state index contributed by atoms with van der Waals surface area (Å²) in [5.74, 6) is 0.744. The Morgan fingerprint density at radius 3 is 2.55 bits per heavy atom. The zero-order chi connectivity index (χ0) is 15.0. The van der Waals surface area contributed by atoms with Crippen LogP contribution in [0, 0.1) is 5.92 Å². The molecule has 3 nitrogen and oxygen atoms in total. The fraction of sp³-hybridized carbons (Fsp3) is 1.00. The van der Waals surface area contributed by atoms with Gasteiger partial charge in [0.25, 0.3) is 0 Å². The van der Waals surface area contributed by atoms with Crippen molar-refractivity contribution in [3.8, 4) is 0 Å². The van der Waals surface area contributed by atoms with Gasteiger partial charge in [-0.05, 0) is 46.5 Å². The fourth-order valence-electron chi connectivity index (χ4n) is 3.69. The van der Waals surface area contributed by atoms with Crippen LogP contribution in [0.2, 0.25) is 0 Å². The van der Waals surface area contributed by atoms with E-state index < -0.39 is 0 Å². The molecule has 3 unspecified atom stereocenters. The maximum absolute atomic E-state index is 6.22. The first-order valence-electron chi connectivity index (χ1n) is 8.39. The van der Waals surface area contributed by atoms with E-state index in [2.05, 4.69) is 51.8 Å². The fourth-order valence-corrected chi connectivity index (χ4v) is 3.69. The Balaban J connectivity index is 2.00. The summed E-state index contributed by atoms with van der Waals surface area (Å²) < 4.78 is 6.22. The molecule has 1 N–H and O–H groups in total. The van der Waals surface area contributed by atoms with Crippen LogP contribution in [-0.2, 0) is 4.74 Å². The number of rotatable bonds is 4. The first-order chi connectivity index (χ1) is 9.22. The number of nitrogens with zero attached hydrogens (tertiary/aromatic N) is 1. The van der Waals surface area contributed by atoms with Crippen molar-refractivity contribution < 1.29 is 4.74 Å². The molecule has 2 aliphatic rings. The van der Waals surface area contributed by atoms with Crippen molar-refractivity contribution in [2.75, 3.05) is 19.6 Å². The average Bonchev–Trinajstić information content (AvgIpc) is 2.67. The zero-order valence-corrected chi connectivity index (χ0v) is 14.3. The molecule has 0 aromatic carbocycles. The lowest BCUT2D eigenvalue weighted by molar-refractivity contribution is -0.0470. The molecule has 2 fully saturated rings. The molecule has 0 bridgehead atoms. The van der Waals surface area contributed by atoms with Gasteiger partial charge < -0.3 is 10.1 Å². The molecule has 3 heteroatoms. The molecular formula is C17H34N2O. The van der Waals surface area contributed by atoms with E-state index in [0.717, 1.165) is 25.6 Å². The van der Waals surface area contributed by atoms with Crippen molar-refractivity contribution >= 4 is 0 Å². The van der Waals surface area contributed by atoms with Crippen molar-refractivity contribution in [2.45, 2.75) is 84.1 Å². The lowest BCUT2D eigenvalue weighted by Crippen LogP contribution is -2.64. The van der Waals surface area contributed by atoms with Crippen molar-refractivity contribution in [2.24, 2.45) is 5.92 Å². The highest BCUT2D eigenvalue weighted by Gasteiger charge is 2.38. The molecule has 2 rings (SSSR count). The summed E-state index contributed by atoms with van der Waals surface area (Å²) in [6.45, 7) is 17.1. The first-order valence-corrected chi connectivity index (χ1v) is 8.39. The minimum absolute atomic E-state index is 0.0834. The van der Waals surface area contributed by atoms with Gasteiger partial charge in [-0.25, -0.2) is 0 Å². The third-order valence-electron chi connectivity index (χ3n) is 5.15. The van der Waals surface area contributed by atoms with Crippen LogP contribution in [0.3, 0.4) is 0 Å². The van der Waals surface area contributed by atoms with E-state index in [9.17, 15) is 0 Å². The van der Waals surface area contributed by atoms with Crippen LogP contribution in [-0.4, -0.2) is 47.8 Å². The number of hydrogen-bond donors (Lipinski definition) is 1. The lowest BCUT2D eigenvalue weighted by atomic mass is 9.90. The highest BCUT2D eigenvalue weighted by molar-refractivity contribution is 4.95. The van der Waals surface area contributed by atoms with E-state index in [-0.39, 0.29) is 11.1 Å². The average molecular weight is 282 g/mol. The summed E-state index contributed by atoms with van der Waals surface area (Å²) >= 11 is 0. The summed E-state index contributed by atoms with van der Waals surface area (Å²) in [4.78, 5) is 2.69. The summed E-state index contributed by atoms with van der Waals surface area (Å²) in [5.41, 5.74) is 0.304. The third kappa shape index (κ3) is 3.96. The predicted octanol–water partition coefficient (Wildman–Crippen LogP) is 3.04. The molecule has 20 heavy (non-hydrogen) atoms. The van der Waals surface area contributed by atoms with Gasteiger partial charge in [0.15, 0.2) is 0 Å². The Labute approximate surface area is 125 Å². The summed E-state index contributed by atoms with van der Waals surface area (Å²) in [7, 11) is 0. The summed E-state index contributed by atoms with van der Waals surface area (Å²) in [6.07, 6.45) is 4.08. The van der Waals surface area contributed by atoms with Crippen molar-refractivity contribution in [1.82, 2.24) is 10.2 Å². The van der Waals surface area contributed by atoms with Crippen molar-refractivity contribution in [3.63, 3.8) is 0 Å². The van der Waals surface area contributed by atoms with Crippen LogP contribution in [0.5, 0.6) is 0 Å². The van der Waals surface area contributed by atoms with Crippen LogP contribution < -0.4 is 5.32 Å². The van der Waals surface area contributed by atoms with Crippen LogP contribution in [0.4, 0.5) is 0 Å². The van der Waals surface area contributed by atoms with E-state index in [1.54, 1.807) is 0 Å². The van der Waals surface area contributed by atoms with Crippen LogP contribution in [0.1, 0.15) is 60.8 Å². The van der Waals surface area contributed by atoms with Gasteiger partial charge in [0.05, 0.1) is 11.7 Å². The first kappa shape index (κ1) is 16.3. The van der Waals surface area contributed by atoms with Gasteiger partial charge in [-0.2, -0.15) is 0 Å². The number of hydrogen-bond acceptors (Lipinski definition) is 3. The summed E-state index contributed by atoms with van der Waals surface area (Å²) in [6, 6.07) is 0.653. The standard InChI is InChI=1S/C17H34N2O/c1-7-13(2)15-10-18-16(3,4)12-19(15)11-14-8-9-17(5,6)20-14/h13-15,18H,7-12H2,1-6H3. The Hall–Kier alpha value is -0.120. The zero-order valence-electron chi connectivity index (χ0n) is 14.3. The SMILES string of the molecule is CCC(C)C1CNC(C)(C)CN1CC1CCC(C)(C)O1. The minimum atomic E-state index is 0.0834. The molecule has 0 aromatic rings. The second kappa shape index (κ2) is 5.94. The molecule has 0 radical (unpaired) electrons. The van der Waals surface area contributed by atoms with E-state index >= 15 is 0 Å². The highest BCUT2D eigenvalue weighted by Crippen LogP contribution is 2.31. The van der Waals surface area contributed by atoms with E-state index in [1.807, 2.05) is 0 Å². The molecule has 2 heterocycles. The second-order valence-electron chi connectivity index (χ2n) is 8.19. The second-order valence-corrected chi connectivity index (χ2v) is 8.19. The molecule has 3 atom stereocenters. The number of ether oxygens (including phenoxy) is 1. The normalized spacial score (nSPS) is 35.1. The Kier molecular flexibility index (Phi) is 4.83. The van der Waals surface area contributed by atoms with Gasteiger partial charge in [-0.3, -0.25) is 4.90 Å². The predicted molar refractivity (Wildman–Crippen MR) is 85.1 cm³/mol. The Bertz CT molecular complexity index is 327. The molecule has 0 spiro atoms. The lowest BCUT2D eigenvalue weighted by Gasteiger charge is -2.47. The smallest absolute Gasteiger partial charge is 0.0710 e. The number of nitrogens with one attached hydrogen (secondary N) is 1. The molecule has 0 amide bonds. The molecular weight excluding hydrogens is 248 g/mol. The van der Waals surface area contributed by atoms with E-state index in [4.69, 9.17) is 4.74 Å². The Morgan fingerprint density at radius 2 is 2.00 bits per heavy atom. The third-order valence-corrected chi connectivity index (χ3v) is 5.15. The van der Waals surface area contributed by atoms with Gasteiger partial charge in [-0.1, -0.05) is 20.3 Å². The van der Waals surface area contributed by atoms with Crippen molar-refractivity contribution in [1.29, 1.82) is 0 Å². The number of piperazine rings is 1. The van der Waals surface area contributed by atoms with Gasteiger partial charge in [0.2, 0.25) is 0 Å². The van der Waals surface area contributed by atoms with E-state index in [1.165, 1.54) is 19.3 Å². The maximum atomic E-state index is 6.22. The van der Waals surface area contributed by atoms with Gasteiger partial charge in [-0.15, -0.1) is 0 Å². The molecule has 0 saturated carbocycles. The van der Waals surface area contributed by atoms with E-state index in [0.29, 0.717) is 12.1 Å². The minimum Gasteiger partial charge on any atom is -0.371 e. The van der Waals surface area contributed by atoms with Gasteiger partial charge in [0, 0.05) is 31.2 Å². The molecule has 118 valence electrons. The molecule has 0 aromatic heterocycles. The van der Waals surface area contributed by atoms with Crippen LogP contribution in [0.25, 0.3) is 0 Å². The largest absolute Gasteiger partial charge is 0.371 e. The molecule has 2 saturated heterocycles. The Morgan fingerprint density at radius 1 is 1.30 bits per heavy atom. The quantitative estimate of drug-likeness (QED) is 0.858. The highest BCUT2D eigenvalue weighted by atomic mass is 16.5. The molecule has 0 aliphatic carbocycles. The van der Waals surface area contributed by atoms with Crippen LogP contribution in [0.15, 0.2) is 0 Å². The van der Waals surface area contributed by atoms with Gasteiger partial charge >= 0.3 is 0 Å². The topological polar surface area (TPSA) is 24.5 Å². The van der Waals surface area contributed by atoms with Crippen LogP contribution >= 0.6 is 0 Å². The molecule has 2 aliphatic heterocycles. The van der Waals surface area contributed by atoms with Crippen molar-refractivity contribution in [3.05, 3.63) is 0 Å².